The minimum absolute atomic E-state index is 0.223. The lowest BCUT2D eigenvalue weighted by Crippen LogP contribution is -2.35. The zero-order valence-electron chi connectivity index (χ0n) is 14.3. The van der Waals surface area contributed by atoms with Gasteiger partial charge in [0.1, 0.15) is 5.78 Å². The van der Waals surface area contributed by atoms with Crippen molar-refractivity contribution in [3.05, 3.63) is 0 Å². The Hall–Kier alpha value is -0.330. The lowest BCUT2D eigenvalue weighted by atomic mass is 9.66. The lowest BCUT2D eigenvalue weighted by molar-refractivity contribution is -0.130. The van der Waals surface area contributed by atoms with E-state index in [0.29, 0.717) is 17.6 Å². The van der Waals surface area contributed by atoms with Crippen LogP contribution in [-0.2, 0) is 4.79 Å². The third-order valence-electron chi connectivity index (χ3n) is 5.25. The Labute approximate surface area is 126 Å². The number of Topliss-reactive ketones (excluding diaryl/α,β-unsaturated/α-hetero) is 1. The highest BCUT2D eigenvalue weighted by Gasteiger charge is 2.37. The van der Waals surface area contributed by atoms with Crippen LogP contribution >= 0.6 is 0 Å². The van der Waals surface area contributed by atoms with Crippen molar-refractivity contribution in [3.8, 4) is 0 Å². The minimum atomic E-state index is 0.223. The van der Waals surface area contributed by atoms with Crippen LogP contribution in [-0.4, -0.2) is 5.78 Å². The highest BCUT2D eigenvalue weighted by molar-refractivity contribution is 5.82. The van der Waals surface area contributed by atoms with E-state index in [1.165, 1.54) is 57.8 Å². The van der Waals surface area contributed by atoms with Crippen LogP contribution in [0.25, 0.3) is 0 Å². The van der Waals surface area contributed by atoms with Crippen molar-refractivity contribution < 1.29 is 4.79 Å². The Balaban J connectivity index is 2.22. The summed E-state index contributed by atoms with van der Waals surface area (Å²) in [7, 11) is 0. The second-order valence-electron chi connectivity index (χ2n) is 7.77. The first kappa shape index (κ1) is 17.7. The zero-order valence-corrected chi connectivity index (χ0v) is 14.3. The first-order valence-corrected chi connectivity index (χ1v) is 9.00. The molecule has 2 atom stereocenters. The Morgan fingerprint density at radius 3 is 2.20 bits per heavy atom. The van der Waals surface area contributed by atoms with Crippen molar-refractivity contribution in [1.82, 2.24) is 0 Å². The predicted octanol–water partition coefficient (Wildman–Crippen LogP) is 6.16. The molecule has 0 aromatic rings. The molecule has 1 aliphatic carbocycles. The fourth-order valence-corrected chi connectivity index (χ4v) is 3.74. The molecular weight excluding hydrogens is 244 g/mol. The second-order valence-corrected chi connectivity index (χ2v) is 7.77. The van der Waals surface area contributed by atoms with E-state index in [2.05, 4.69) is 27.7 Å². The van der Waals surface area contributed by atoms with Gasteiger partial charge in [-0.25, -0.2) is 0 Å². The van der Waals surface area contributed by atoms with Crippen LogP contribution in [0.4, 0.5) is 0 Å². The van der Waals surface area contributed by atoms with Crippen molar-refractivity contribution in [3.63, 3.8) is 0 Å². The molecule has 1 fully saturated rings. The largest absolute Gasteiger partial charge is 0.299 e. The van der Waals surface area contributed by atoms with E-state index in [1.54, 1.807) is 0 Å². The number of unbranched alkanes of at least 4 members (excludes halogenated alkanes) is 6. The molecule has 1 aliphatic rings. The van der Waals surface area contributed by atoms with E-state index in [-0.39, 0.29) is 5.41 Å². The molecule has 1 nitrogen and oxygen atoms in total. The Bertz CT molecular complexity index is 279. The molecule has 2 unspecified atom stereocenters. The van der Waals surface area contributed by atoms with Gasteiger partial charge in [-0.1, -0.05) is 72.6 Å². The average molecular weight is 280 g/mol. The second kappa shape index (κ2) is 8.85. The van der Waals surface area contributed by atoms with Gasteiger partial charge in [-0.05, 0) is 30.6 Å². The van der Waals surface area contributed by atoms with Crippen LogP contribution in [0.15, 0.2) is 0 Å². The normalized spacial score (nSPS) is 24.1. The van der Waals surface area contributed by atoms with Gasteiger partial charge in [0.05, 0.1) is 0 Å². The van der Waals surface area contributed by atoms with Gasteiger partial charge in [-0.3, -0.25) is 4.79 Å². The molecule has 1 saturated carbocycles. The van der Waals surface area contributed by atoms with Crippen molar-refractivity contribution >= 4 is 5.78 Å². The van der Waals surface area contributed by atoms with Gasteiger partial charge in [0.15, 0.2) is 0 Å². The van der Waals surface area contributed by atoms with E-state index in [4.69, 9.17) is 0 Å². The molecule has 0 aromatic carbocycles. The predicted molar refractivity (Wildman–Crippen MR) is 87.9 cm³/mol. The van der Waals surface area contributed by atoms with Gasteiger partial charge in [0.2, 0.25) is 0 Å². The first-order chi connectivity index (χ1) is 9.47. The molecular formula is C19H36O. The minimum Gasteiger partial charge on any atom is -0.299 e. The highest BCUT2D eigenvalue weighted by atomic mass is 16.1. The molecule has 0 spiro atoms. The van der Waals surface area contributed by atoms with Crippen LogP contribution in [0.5, 0.6) is 0 Å². The molecule has 0 aromatic heterocycles. The fraction of sp³-hybridized carbons (Fsp3) is 0.947. The molecule has 0 N–H and O–H groups in total. The maximum atomic E-state index is 12.3. The van der Waals surface area contributed by atoms with Crippen molar-refractivity contribution in [2.24, 2.45) is 17.3 Å². The fourth-order valence-electron chi connectivity index (χ4n) is 3.74. The Kier molecular flexibility index (Phi) is 7.84. The maximum Gasteiger partial charge on any atom is 0.136 e. The van der Waals surface area contributed by atoms with Gasteiger partial charge in [0.25, 0.3) is 0 Å². The Morgan fingerprint density at radius 2 is 1.60 bits per heavy atom. The summed E-state index contributed by atoms with van der Waals surface area (Å²) in [6.07, 6.45) is 14.0. The van der Waals surface area contributed by atoms with Crippen LogP contribution in [0.1, 0.15) is 98.3 Å². The topological polar surface area (TPSA) is 17.1 Å². The molecule has 118 valence electrons. The summed E-state index contributed by atoms with van der Waals surface area (Å²) in [6.45, 7) is 9.13. The van der Waals surface area contributed by atoms with Crippen molar-refractivity contribution in [2.45, 2.75) is 98.3 Å². The molecule has 0 aliphatic heterocycles. The molecule has 20 heavy (non-hydrogen) atoms. The molecule has 0 bridgehead atoms. The summed E-state index contributed by atoms with van der Waals surface area (Å²) in [5.74, 6) is 1.49. The number of carbonyl (C=O) groups excluding carboxylic acids is 1. The van der Waals surface area contributed by atoms with Crippen LogP contribution < -0.4 is 0 Å². The number of hydrogen-bond acceptors (Lipinski definition) is 1. The van der Waals surface area contributed by atoms with Crippen LogP contribution in [0.2, 0.25) is 0 Å². The van der Waals surface area contributed by atoms with Gasteiger partial charge in [-0.2, -0.15) is 0 Å². The van der Waals surface area contributed by atoms with E-state index < -0.39 is 0 Å². The van der Waals surface area contributed by atoms with Gasteiger partial charge < -0.3 is 0 Å². The molecule has 1 rings (SSSR count). The van der Waals surface area contributed by atoms with Gasteiger partial charge in [0, 0.05) is 12.3 Å². The summed E-state index contributed by atoms with van der Waals surface area (Å²) in [6, 6.07) is 0. The van der Waals surface area contributed by atoms with Crippen LogP contribution in [0, 0.1) is 17.3 Å². The third kappa shape index (κ3) is 5.97. The highest BCUT2D eigenvalue weighted by Crippen LogP contribution is 2.41. The number of rotatable bonds is 9. The lowest BCUT2D eigenvalue weighted by Gasteiger charge is -2.37. The molecule has 0 heterocycles. The summed E-state index contributed by atoms with van der Waals surface area (Å²) in [5, 5.41) is 0. The number of carbonyl (C=O) groups is 1. The average Bonchev–Trinajstić information content (AvgIpc) is 2.37. The molecule has 0 amide bonds. The summed E-state index contributed by atoms with van der Waals surface area (Å²) < 4.78 is 0. The maximum absolute atomic E-state index is 12.3. The van der Waals surface area contributed by atoms with E-state index in [1.807, 2.05) is 0 Å². The quantitative estimate of drug-likeness (QED) is 0.462. The monoisotopic (exact) mass is 280 g/mol. The van der Waals surface area contributed by atoms with Gasteiger partial charge >= 0.3 is 0 Å². The number of ketones is 1. The van der Waals surface area contributed by atoms with E-state index in [0.717, 1.165) is 12.8 Å². The van der Waals surface area contributed by atoms with E-state index in [9.17, 15) is 4.79 Å². The number of hydrogen-bond donors (Lipinski definition) is 0. The van der Waals surface area contributed by atoms with E-state index >= 15 is 0 Å². The van der Waals surface area contributed by atoms with Crippen molar-refractivity contribution in [2.75, 3.05) is 0 Å². The Morgan fingerprint density at radius 1 is 1.00 bits per heavy atom. The third-order valence-corrected chi connectivity index (χ3v) is 5.25. The summed E-state index contributed by atoms with van der Waals surface area (Å²) >= 11 is 0. The summed E-state index contributed by atoms with van der Waals surface area (Å²) in [4.78, 5) is 12.3. The van der Waals surface area contributed by atoms with Crippen LogP contribution in [0.3, 0.4) is 0 Å². The van der Waals surface area contributed by atoms with Gasteiger partial charge in [-0.15, -0.1) is 0 Å². The summed E-state index contributed by atoms with van der Waals surface area (Å²) in [5.41, 5.74) is 0.223. The standard InChI is InChI=1S/C19H36O/c1-5-6-7-8-9-10-11-14-19(3,4)17-13-12-16(2)15-18(17)20/h16-17H,5-15H2,1-4H3. The smallest absolute Gasteiger partial charge is 0.136 e. The van der Waals surface area contributed by atoms with Crippen molar-refractivity contribution in [1.29, 1.82) is 0 Å². The zero-order chi connectivity index (χ0) is 15.0. The SMILES string of the molecule is CCCCCCCCCC(C)(C)C1CCC(C)CC1=O. The molecule has 1 heteroatoms. The molecule has 0 radical (unpaired) electrons. The molecule has 0 saturated heterocycles. The first-order valence-electron chi connectivity index (χ1n) is 9.00.